The Hall–Kier alpha value is -2.75. The lowest BCUT2D eigenvalue weighted by molar-refractivity contribution is -0.141. The van der Waals surface area contributed by atoms with E-state index >= 15 is 0 Å². The number of hydrogen-bond donors (Lipinski definition) is 3. The fraction of sp³-hybridized carbons (Fsp3) is 0.500. The molecule has 2 aromatic heterocycles. The van der Waals surface area contributed by atoms with Crippen LogP contribution in [0.1, 0.15) is 5.69 Å². The summed E-state index contributed by atoms with van der Waals surface area (Å²) in [7, 11) is 1.79. The molecule has 0 unspecified atom stereocenters. The van der Waals surface area contributed by atoms with Gasteiger partial charge in [-0.2, -0.15) is 20.4 Å². The van der Waals surface area contributed by atoms with Crippen molar-refractivity contribution in [2.24, 2.45) is 5.92 Å². The highest BCUT2D eigenvalue weighted by Gasteiger charge is 2.29. The number of H-pyrrole nitrogens is 1. The van der Waals surface area contributed by atoms with Crippen LogP contribution in [-0.2, 0) is 11.3 Å². The fourth-order valence-electron chi connectivity index (χ4n) is 2.73. The van der Waals surface area contributed by atoms with Crippen molar-refractivity contribution in [2.75, 3.05) is 43.4 Å². The molecule has 0 bridgehead atoms. The van der Waals surface area contributed by atoms with Crippen LogP contribution in [0.15, 0.2) is 18.5 Å². The van der Waals surface area contributed by atoms with E-state index in [-0.39, 0.29) is 0 Å². The maximum atomic E-state index is 11.6. The zero-order chi connectivity index (χ0) is 16.9. The molecule has 1 aliphatic heterocycles. The molecular weight excluding hydrogens is 312 g/mol. The van der Waals surface area contributed by atoms with Gasteiger partial charge in [-0.05, 0) is 6.07 Å². The van der Waals surface area contributed by atoms with Crippen molar-refractivity contribution in [3.8, 4) is 0 Å². The maximum absolute atomic E-state index is 11.6. The van der Waals surface area contributed by atoms with E-state index < -0.39 is 11.9 Å². The molecule has 2 aromatic rings. The molecule has 3 heterocycles. The van der Waals surface area contributed by atoms with Gasteiger partial charge in [-0.25, -0.2) is 4.98 Å². The number of aliphatic carboxylic acids is 1. The molecular formula is C14H20N8O2. The van der Waals surface area contributed by atoms with E-state index in [1.54, 1.807) is 25.5 Å². The Kier molecular flexibility index (Phi) is 4.85. The number of rotatable bonds is 5. The number of carboxylic acid groups (broad SMARTS) is 1. The van der Waals surface area contributed by atoms with Crippen LogP contribution in [0, 0.1) is 5.92 Å². The summed E-state index contributed by atoms with van der Waals surface area (Å²) in [5.74, 6) is -0.106. The number of nitrogens with zero attached hydrogens (tertiary/aromatic N) is 6. The number of aromatic amines is 1. The molecule has 1 atom stereocenters. The van der Waals surface area contributed by atoms with E-state index in [0.717, 1.165) is 5.69 Å². The molecule has 0 amide bonds. The Morgan fingerprint density at radius 3 is 3.04 bits per heavy atom. The zero-order valence-corrected chi connectivity index (χ0v) is 13.4. The van der Waals surface area contributed by atoms with Crippen molar-refractivity contribution in [3.05, 3.63) is 24.2 Å². The molecule has 10 nitrogen and oxygen atoms in total. The molecule has 10 heteroatoms. The Morgan fingerprint density at radius 2 is 2.33 bits per heavy atom. The van der Waals surface area contributed by atoms with Gasteiger partial charge in [0.15, 0.2) is 0 Å². The zero-order valence-electron chi connectivity index (χ0n) is 13.4. The fourth-order valence-corrected chi connectivity index (χ4v) is 2.73. The van der Waals surface area contributed by atoms with Crippen LogP contribution in [0.5, 0.6) is 0 Å². The Balaban J connectivity index is 1.76. The van der Waals surface area contributed by atoms with Crippen LogP contribution in [0.25, 0.3) is 0 Å². The summed E-state index contributed by atoms with van der Waals surface area (Å²) in [6, 6.07) is 1.77. The van der Waals surface area contributed by atoms with Gasteiger partial charge in [-0.3, -0.25) is 9.69 Å². The van der Waals surface area contributed by atoms with Crippen LogP contribution in [0.4, 0.5) is 11.8 Å². The molecule has 1 aliphatic rings. The summed E-state index contributed by atoms with van der Waals surface area (Å²) in [6.07, 6.45) is 3.32. The second kappa shape index (κ2) is 7.21. The lowest BCUT2D eigenvalue weighted by Gasteiger charge is -2.22. The predicted molar refractivity (Wildman–Crippen MR) is 86.6 cm³/mol. The number of nitrogens with one attached hydrogen (secondary N) is 2. The van der Waals surface area contributed by atoms with E-state index in [1.165, 1.54) is 0 Å². The van der Waals surface area contributed by atoms with Gasteiger partial charge in [0.2, 0.25) is 5.95 Å². The van der Waals surface area contributed by atoms with Gasteiger partial charge in [0.1, 0.15) is 5.82 Å². The summed E-state index contributed by atoms with van der Waals surface area (Å²) in [5.41, 5.74) is 0.793. The van der Waals surface area contributed by atoms with Gasteiger partial charge in [0.05, 0.1) is 17.8 Å². The molecule has 3 N–H and O–H groups in total. The average molecular weight is 332 g/mol. The van der Waals surface area contributed by atoms with E-state index in [1.807, 2.05) is 4.90 Å². The predicted octanol–water partition coefficient (Wildman–Crippen LogP) is -0.341. The summed E-state index contributed by atoms with van der Waals surface area (Å²) in [6.45, 7) is 2.73. The number of carboxylic acids is 1. The van der Waals surface area contributed by atoms with Crippen LogP contribution in [-0.4, -0.2) is 74.6 Å². The molecule has 1 fully saturated rings. The highest BCUT2D eigenvalue weighted by Crippen LogP contribution is 2.17. The van der Waals surface area contributed by atoms with Crippen molar-refractivity contribution in [2.45, 2.75) is 6.54 Å². The minimum atomic E-state index is -0.822. The van der Waals surface area contributed by atoms with Gasteiger partial charge in [0.25, 0.3) is 0 Å². The minimum absolute atomic E-state index is 0.373. The van der Waals surface area contributed by atoms with E-state index in [4.69, 9.17) is 0 Å². The first-order chi connectivity index (χ1) is 11.7. The minimum Gasteiger partial charge on any atom is -0.481 e. The maximum Gasteiger partial charge on any atom is 0.309 e. The van der Waals surface area contributed by atoms with Gasteiger partial charge in [-0.15, -0.1) is 0 Å². The summed E-state index contributed by atoms with van der Waals surface area (Å²) >= 11 is 0. The molecule has 128 valence electrons. The van der Waals surface area contributed by atoms with Crippen molar-refractivity contribution < 1.29 is 9.90 Å². The molecule has 1 saturated heterocycles. The molecule has 24 heavy (non-hydrogen) atoms. The van der Waals surface area contributed by atoms with E-state index in [2.05, 4.69) is 35.6 Å². The van der Waals surface area contributed by atoms with Crippen LogP contribution in [0.2, 0.25) is 0 Å². The van der Waals surface area contributed by atoms with Gasteiger partial charge in [-0.1, -0.05) is 0 Å². The SMILES string of the molecule is CNc1ccnc(N2CCN(Cc3cn[nH]n3)C[C@H](C(=O)O)C2)n1. The van der Waals surface area contributed by atoms with Crippen molar-refractivity contribution in [1.29, 1.82) is 0 Å². The normalized spacial score (nSPS) is 19.0. The van der Waals surface area contributed by atoms with E-state index in [9.17, 15) is 9.90 Å². The first-order valence-corrected chi connectivity index (χ1v) is 7.71. The first kappa shape index (κ1) is 16.1. The molecule has 3 rings (SSSR count). The van der Waals surface area contributed by atoms with Crippen LogP contribution >= 0.6 is 0 Å². The number of hydrogen-bond acceptors (Lipinski definition) is 8. The standard InChI is InChI=1S/C14H20N8O2/c1-15-12-2-3-16-14(18-12)22-5-4-21(7-10(8-22)13(23)24)9-11-6-17-20-19-11/h2-3,6,10H,4-5,7-9H2,1H3,(H,23,24)(H,15,16,18)(H,17,19,20)/t10-/m0/s1. The van der Waals surface area contributed by atoms with Crippen molar-refractivity contribution >= 4 is 17.7 Å². The highest BCUT2D eigenvalue weighted by molar-refractivity contribution is 5.71. The first-order valence-electron chi connectivity index (χ1n) is 7.71. The van der Waals surface area contributed by atoms with Crippen LogP contribution < -0.4 is 10.2 Å². The van der Waals surface area contributed by atoms with Crippen molar-refractivity contribution in [3.63, 3.8) is 0 Å². The van der Waals surface area contributed by atoms with Gasteiger partial charge in [0, 0.05) is 46.0 Å². The summed E-state index contributed by atoms with van der Waals surface area (Å²) in [5, 5.41) is 22.9. The second-order valence-electron chi connectivity index (χ2n) is 5.67. The van der Waals surface area contributed by atoms with Gasteiger partial charge < -0.3 is 15.3 Å². The van der Waals surface area contributed by atoms with E-state index in [0.29, 0.717) is 44.5 Å². The molecule has 0 aliphatic carbocycles. The third kappa shape index (κ3) is 3.77. The van der Waals surface area contributed by atoms with Gasteiger partial charge >= 0.3 is 5.97 Å². The topological polar surface area (TPSA) is 123 Å². The second-order valence-corrected chi connectivity index (χ2v) is 5.67. The highest BCUT2D eigenvalue weighted by atomic mass is 16.4. The smallest absolute Gasteiger partial charge is 0.309 e. The Bertz CT molecular complexity index is 677. The quantitative estimate of drug-likeness (QED) is 0.674. The third-order valence-electron chi connectivity index (χ3n) is 3.99. The number of aromatic nitrogens is 5. The van der Waals surface area contributed by atoms with Crippen molar-refractivity contribution in [1.82, 2.24) is 30.3 Å². The number of carbonyl (C=O) groups is 1. The molecule has 0 spiro atoms. The monoisotopic (exact) mass is 332 g/mol. The largest absolute Gasteiger partial charge is 0.481 e. The third-order valence-corrected chi connectivity index (χ3v) is 3.99. The summed E-state index contributed by atoms with van der Waals surface area (Å²) < 4.78 is 0. The summed E-state index contributed by atoms with van der Waals surface area (Å²) in [4.78, 5) is 24.3. The lowest BCUT2D eigenvalue weighted by Crippen LogP contribution is -2.35. The average Bonchev–Trinajstić information content (AvgIpc) is 3.00. The Labute approximate surface area is 138 Å². The molecule has 0 saturated carbocycles. The lowest BCUT2D eigenvalue weighted by atomic mass is 10.1. The molecule has 0 aromatic carbocycles. The van der Waals surface area contributed by atoms with Crippen LogP contribution in [0.3, 0.4) is 0 Å². The Morgan fingerprint density at radius 1 is 1.46 bits per heavy atom. The number of anilines is 2. The molecule has 0 radical (unpaired) electrons.